The highest BCUT2D eigenvalue weighted by molar-refractivity contribution is 5.56. The van der Waals surface area contributed by atoms with Crippen LogP contribution in [0.25, 0.3) is 0 Å². The Hall–Kier alpha value is -1.13. The molecule has 0 aliphatic carbocycles. The number of nitrogens with zero attached hydrogens (tertiary/aromatic N) is 1. The highest BCUT2D eigenvalue weighted by atomic mass is 19.1. The molecule has 0 aliphatic heterocycles. The Morgan fingerprint density at radius 2 is 2.00 bits per heavy atom. The van der Waals surface area contributed by atoms with Gasteiger partial charge in [0, 0.05) is 29.9 Å². The minimum Gasteiger partial charge on any atom is -0.395 e. The van der Waals surface area contributed by atoms with Crippen LogP contribution in [0.15, 0.2) is 18.2 Å². The van der Waals surface area contributed by atoms with E-state index in [1.807, 2.05) is 38.8 Å². The van der Waals surface area contributed by atoms with E-state index in [0.717, 1.165) is 5.69 Å². The lowest BCUT2D eigenvalue weighted by Crippen LogP contribution is -2.35. The molecule has 4 heteroatoms. The first-order valence-electron chi connectivity index (χ1n) is 6.36. The van der Waals surface area contributed by atoms with E-state index >= 15 is 0 Å². The fourth-order valence-corrected chi connectivity index (χ4v) is 2.11. The van der Waals surface area contributed by atoms with Gasteiger partial charge in [-0.25, -0.2) is 4.39 Å². The number of hydrogen-bond donors (Lipinski definition) is 2. The van der Waals surface area contributed by atoms with Gasteiger partial charge in [-0.3, -0.25) is 0 Å². The minimum absolute atomic E-state index is 0.0576. The molecule has 0 saturated carbocycles. The second-order valence-corrected chi connectivity index (χ2v) is 4.69. The summed E-state index contributed by atoms with van der Waals surface area (Å²) in [6.07, 6.45) is 0. The molecule has 1 atom stereocenters. The number of nitrogens with one attached hydrogen (secondary N) is 1. The maximum atomic E-state index is 14.0. The molecule has 0 aliphatic rings. The molecule has 1 rings (SSSR count). The van der Waals surface area contributed by atoms with Gasteiger partial charge in [-0.2, -0.15) is 0 Å². The van der Waals surface area contributed by atoms with Gasteiger partial charge in [-0.15, -0.1) is 0 Å². The summed E-state index contributed by atoms with van der Waals surface area (Å²) < 4.78 is 14.0. The van der Waals surface area contributed by atoms with Crippen LogP contribution in [0.2, 0.25) is 0 Å². The molecule has 0 amide bonds. The average molecular weight is 254 g/mol. The Kier molecular flexibility index (Phi) is 5.56. The molecule has 3 nitrogen and oxygen atoms in total. The molecule has 18 heavy (non-hydrogen) atoms. The second kappa shape index (κ2) is 6.71. The van der Waals surface area contributed by atoms with E-state index in [4.69, 9.17) is 5.11 Å². The molecule has 0 heterocycles. The van der Waals surface area contributed by atoms with E-state index < -0.39 is 0 Å². The number of hydrogen-bond acceptors (Lipinski definition) is 3. The molecule has 0 bridgehead atoms. The van der Waals surface area contributed by atoms with Gasteiger partial charge in [0.25, 0.3) is 0 Å². The van der Waals surface area contributed by atoms with Gasteiger partial charge in [0.15, 0.2) is 0 Å². The Morgan fingerprint density at radius 1 is 1.33 bits per heavy atom. The highest BCUT2D eigenvalue weighted by Crippen LogP contribution is 2.29. The summed E-state index contributed by atoms with van der Waals surface area (Å²) in [6.45, 7) is 6.56. The van der Waals surface area contributed by atoms with Crippen molar-refractivity contribution in [2.24, 2.45) is 0 Å². The van der Waals surface area contributed by atoms with Crippen LogP contribution < -0.4 is 10.2 Å². The van der Waals surface area contributed by atoms with Crippen molar-refractivity contribution in [3.8, 4) is 0 Å². The fourth-order valence-electron chi connectivity index (χ4n) is 2.11. The SMILES string of the molecule is CNC(C)c1c(F)cccc1N(CCO)C(C)C. The normalized spacial score (nSPS) is 12.8. The van der Waals surface area contributed by atoms with E-state index in [1.165, 1.54) is 6.07 Å². The third kappa shape index (κ3) is 3.21. The predicted molar refractivity (Wildman–Crippen MR) is 73.4 cm³/mol. The van der Waals surface area contributed by atoms with Gasteiger partial charge in [0.1, 0.15) is 5.82 Å². The molecule has 0 saturated heterocycles. The monoisotopic (exact) mass is 254 g/mol. The van der Waals surface area contributed by atoms with E-state index in [2.05, 4.69) is 5.32 Å². The molecule has 2 N–H and O–H groups in total. The summed E-state index contributed by atoms with van der Waals surface area (Å²) in [5.74, 6) is -0.210. The smallest absolute Gasteiger partial charge is 0.130 e. The predicted octanol–water partition coefficient (Wildman–Crippen LogP) is 2.31. The van der Waals surface area contributed by atoms with E-state index in [9.17, 15) is 4.39 Å². The maximum Gasteiger partial charge on any atom is 0.130 e. The first-order chi connectivity index (χ1) is 8.52. The Morgan fingerprint density at radius 3 is 2.50 bits per heavy atom. The standard InChI is InChI=1S/C14H23FN2O/c1-10(2)17(8-9-18)13-7-5-6-12(15)14(13)11(3)16-4/h5-7,10-11,16,18H,8-9H2,1-4H3. The summed E-state index contributed by atoms with van der Waals surface area (Å²) in [5, 5.41) is 12.2. The van der Waals surface area contributed by atoms with Crippen LogP contribution in [0.5, 0.6) is 0 Å². The van der Waals surface area contributed by atoms with Crippen molar-refractivity contribution in [3.05, 3.63) is 29.6 Å². The molecule has 1 aromatic rings. The van der Waals surface area contributed by atoms with Crippen molar-refractivity contribution in [1.29, 1.82) is 0 Å². The van der Waals surface area contributed by atoms with Crippen molar-refractivity contribution in [1.82, 2.24) is 5.32 Å². The largest absolute Gasteiger partial charge is 0.395 e. The van der Waals surface area contributed by atoms with Gasteiger partial charge in [-0.1, -0.05) is 6.07 Å². The summed E-state index contributed by atoms with van der Waals surface area (Å²) in [5.41, 5.74) is 1.50. The molecule has 1 aromatic carbocycles. The van der Waals surface area contributed by atoms with Gasteiger partial charge in [0.2, 0.25) is 0 Å². The topological polar surface area (TPSA) is 35.5 Å². The van der Waals surface area contributed by atoms with Crippen LogP contribution >= 0.6 is 0 Å². The number of anilines is 1. The number of aliphatic hydroxyl groups is 1. The number of rotatable bonds is 6. The molecule has 0 aromatic heterocycles. The molecule has 0 radical (unpaired) electrons. The maximum absolute atomic E-state index is 14.0. The van der Waals surface area contributed by atoms with Crippen molar-refractivity contribution in [2.45, 2.75) is 32.9 Å². The molecule has 0 fully saturated rings. The van der Waals surface area contributed by atoms with Crippen molar-refractivity contribution >= 4 is 5.69 Å². The van der Waals surface area contributed by atoms with E-state index in [-0.39, 0.29) is 24.5 Å². The third-order valence-electron chi connectivity index (χ3n) is 3.17. The Labute approximate surface area is 109 Å². The van der Waals surface area contributed by atoms with E-state index in [1.54, 1.807) is 6.07 Å². The highest BCUT2D eigenvalue weighted by Gasteiger charge is 2.20. The molecule has 102 valence electrons. The lowest BCUT2D eigenvalue weighted by Gasteiger charge is -2.31. The van der Waals surface area contributed by atoms with Crippen molar-refractivity contribution < 1.29 is 9.50 Å². The summed E-state index contributed by atoms with van der Waals surface area (Å²) in [4.78, 5) is 2.02. The van der Waals surface area contributed by atoms with Gasteiger partial charge >= 0.3 is 0 Å². The third-order valence-corrected chi connectivity index (χ3v) is 3.17. The summed E-state index contributed by atoms with van der Waals surface area (Å²) >= 11 is 0. The van der Waals surface area contributed by atoms with Crippen LogP contribution in [0.3, 0.4) is 0 Å². The lowest BCUT2D eigenvalue weighted by molar-refractivity contribution is 0.298. The first kappa shape index (κ1) is 14.9. The number of benzene rings is 1. The average Bonchev–Trinajstić information content (AvgIpc) is 2.34. The quantitative estimate of drug-likeness (QED) is 0.817. The first-order valence-corrected chi connectivity index (χ1v) is 6.36. The zero-order chi connectivity index (χ0) is 13.7. The fraction of sp³-hybridized carbons (Fsp3) is 0.571. The Bertz CT molecular complexity index is 382. The molecular formula is C14H23FN2O. The van der Waals surface area contributed by atoms with Gasteiger partial charge < -0.3 is 15.3 Å². The number of halogens is 1. The van der Waals surface area contributed by atoms with Gasteiger partial charge in [-0.05, 0) is 40.0 Å². The zero-order valence-corrected chi connectivity index (χ0v) is 11.6. The van der Waals surface area contributed by atoms with Crippen LogP contribution in [0.1, 0.15) is 32.4 Å². The van der Waals surface area contributed by atoms with Crippen LogP contribution in [0.4, 0.5) is 10.1 Å². The van der Waals surface area contributed by atoms with Crippen LogP contribution in [0, 0.1) is 5.82 Å². The minimum atomic E-state index is -0.210. The lowest BCUT2D eigenvalue weighted by atomic mass is 10.0. The molecule has 1 unspecified atom stereocenters. The Balaban J connectivity index is 3.24. The molecule has 0 spiro atoms. The number of aliphatic hydroxyl groups excluding tert-OH is 1. The van der Waals surface area contributed by atoms with E-state index in [0.29, 0.717) is 12.1 Å². The van der Waals surface area contributed by atoms with Crippen molar-refractivity contribution in [2.75, 3.05) is 25.1 Å². The van der Waals surface area contributed by atoms with Crippen molar-refractivity contribution in [3.63, 3.8) is 0 Å². The van der Waals surface area contributed by atoms with Crippen LogP contribution in [-0.2, 0) is 0 Å². The van der Waals surface area contributed by atoms with Gasteiger partial charge in [0.05, 0.1) is 6.61 Å². The second-order valence-electron chi connectivity index (χ2n) is 4.69. The zero-order valence-electron chi connectivity index (χ0n) is 11.6. The van der Waals surface area contributed by atoms with Crippen LogP contribution in [-0.4, -0.2) is 31.3 Å². The summed E-state index contributed by atoms with van der Waals surface area (Å²) in [7, 11) is 1.81. The summed E-state index contributed by atoms with van der Waals surface area (Å²) in [6, 6.07) is 5.23. The molecular weight excluding hydrogens is 231 g/mol.